The lowest BCUT2D eigenvalue weighted by molar-refractivity contribution is -0.963. The first kappa shape index (κ1) is 15.7. The quantitative estimate of drug-likeness (QED) is 0.527. The van der Waals surface area contributed by atoms with Crippen LogP contribution in [0, 0.1) is 11.8 Å². The van der Waals surface area contributed by atoms with Gasteiger partial charge < -0.3 is 14.5 Å². The van der Waals surface area contributed by atoms with E-state index in [9.17, 15) is 9.59 Å². The zero-order valence-corrected chi connectivity index (χ0v) is 13.4. The van der Waals surface area contributed by atoms with E-state index in [1.54, 1.807) is 0 Å². The van der Waals surface area contributed by atoms with E-state index in [0.717, 1.165) is 37.3 Å². The molecule has 0 aromatic carbocycles. The van der Waals surface area contributed by atoms with Gasteiger partial charge in [-0.15, -0.1) is 0 Å². The molecule has 0 bridgehead atoms. The summed E-state index contributed by atoms with van der Waals surface area (Å²) < 4.78 is 4.90. The van der Waals surface area contributed by atoms with Crippen molar-refractivity contribution < 1.29 is 19.2 Å². The first-order valence-corrected chi connectivity index (χ1v) is 8.34. The topological polar surface area (TPSA) is 89.1 Å². The second-order valence-corrected chi connectivity index (χ2v) is 6.61. The molecule has 22 heavy (non-hydrogen) atoms. The van der Waals surface area contributed by atoms with Crippen LogP contribution in [0.4, 0.5) is 0 Å². The number of likely N-dealkylation sites (tertiary alicyclic amines) is 1. The molecule has 6 atom stereocenters. The number of carbonyl (C=O) groups is 2. The highest BCUT2D eigenvalue weighted by molar-refractivity contribution is 5.82. The van der Waals surface area contributed by atoms with E-state index in [4.69, 9.17) is 10.5 Å². The van der Waals surface area contributed by atoms with Crippen LogP contribution >= 0.6 is 0 Å². The minimum Gasteiger partial charge on any atom is -0.469 e. The fraction of sp³-hybridized carbons (Fsp3) is 0.867. The van der Waals surface area contributed by atoms with Gasteiger partial charge in [0, 0.05) is 6.54 Å². The Bertz CT molecular complexity index is 458. The van der Waals surface area contributed by atoms with Gasteiger partial charge in [-0.3, -0.25) is 15.3 Å². The summed E-state index contributed by atoms with van der Waals surface area (Å²) in [7, 11) is 1.38. The number of esters is 1. The molecule has 0 aromatic heterocycles. The molecule has 124 valence electrons. The summed E-state index contributed by atoms with van der Waals surface area (Å²) in [4.78, 5) is 28.0. The van der Waals surface area contributed by atoms with Crippen LogP contribution in [-0.4, -0.2) is 55.5 Å². The van der Waals surface area contributed by atoms with Gasteiger partial charge >= 0.3 is 5.97 Å². The van der Waals surface area contributed by atoms with Gasteiger partial charge in [0.25, 0.3) is 0 Å². The summed E-state index contributed by atoms with van der Waals surface area (Å²) in [6.07, 6.45) is 3.51. The molecule has 3 saturated heterocycles. The van der Waals surface area contributed by atoms with Gasteiger partial charge in [0.15, 0.2) is 12.3 Å². The summed E-state index contributed by atoms with van der Waals surface area (Å²) in [6, 6.07) is 0. The van der Waals surface area contributed by atoms with Crippen molar-refractivity contribution in [2.75, 3.05) is 20.2 Å². The molecule has 0 spiro atoms. The van der Waals surface area contributed by atoms with Crippen LogP contribution in [0.2, 0.25) is 0 Å². The Morgan fingerprint density at radius 2 is 2.27 bits per heavy atom. The number of nitrogens with zero attached hydrogens (tertiary/aromatic N) is 1. The maximum Gasteiger partial charge on any atom is 0.316 e. The number of hydrogen-bond donors (Lipinski definition) is 3. The average molecular weight is 311 g/mol. The molecule has 3 fully saturated rings. The second-order valence-electron chi connectivity index (χ2n) is 6.61. The Balaban J connectivity index is 1.87. The zero-order chi connectivity index (χ0) is 15.9. The molecule has 0 aliphatic carbocycles. The SMILES string of the molecule is CC[NH+]1C(N)C(C(=O)OC)CC2C(=O)N3CCCCC3NC21. The van der Waals surface area contributed by atoms with E-state index in [-0.39, 0.29) is 36.3 Å². The molecule has 7 heteroatoms. The van der Waals surface area contributed by atoms with Crippen LogP contribution in [0.15, 0.2) is 0 Å². The maximum atomic E-state index is 12.9. The Morgan fingerprint density at radius 1 is 1.50 bits per heavy atom. The van der Waals surface area contributed by atoms with Crippen LogP contribution in [0.1, 0.15) is 32.6 Å². The first-order valence-electron chi connectivity index (χ1n) is 8.34. The standard InChI is InChI=1S/C15H26N4O3/c1-3-18-12(16)9(15(21)22-2)8-10-13(18)17-11-6-4-5-7-19(11)14(10)20/h9-13,17H,3-8,16H2,1-2H3/p+1. The molecular weight excluding hydrogens is 284 g/mol. The van der Waals surface area contributed by atoms with Crippen LogP contribution in [0.5, 0.6) is 0 Å². The molecular formula is C15H27N4O3+. The first-order chi connectivity index (χ1) is 10.6. The van der Waals surface area contributed by atoms with E-state index in [1.165, 1.54) is 7.11 Å². The van der Waals surface area contributed by atoms with Crippen LogP contribution in [0.25, 0.3) is 0 Å². The van der Waals surface area contributed by atoms with Gasteiger partial charge in [0.2, 0.25) is 5.91 Å². The number of methoxy groups -OCH3 is 1. The van der Waals surface area contributed by atoms with Gasteiger partial charge in [-0.05, 0) is 32.6 Å². The molecule has 3 rings (SSSR count). The van der Waals surface area contributed by atoms with E-state index in [0.29, 0.717) is 6.42 Å². The number of hydrogen-bond acceptors (Lipinski definition) is 5. The number of nitrogens with two attached hydrogens (primary N) is 1. The number of rotatable bonds is 2. The Morgan fingerprint density at radius 3 is 2.95 bits per heavy atom. The lowest BCUT2D eigenvalue weighted by Crippen LogP contribution is -3.25. The lowest BCUT2D eigenvalue weighted by atomic mass is 9.81. The molecule has 1 amide bonds. The number of quaternary nitrogens is 1. The highest BCUT2D eigenvalue weighted by atomic mass is 16.5. The van der Waals surface area contributed by atoms with Gasteiger partial charge in [0.1, 0.15) is 11.8 Å². The predicted molar refractivity (Wildman–Crippen MR) is 79.4 cm³/mol. The van der Waals surface area contributed by atoms with E-state index >= 15 is 0 Å². The molecule has 0 saturated carbocycles. The minimum atomic E-state index is -0.409. The van der Waals surface area contributed by atoms with Gasteiger partial charge in [-0.2, -0.15) is 0 Å². The molecule has 3 heterocycles. The van der Waals surface area contributed by atoms with Gasteiger partial charge in [-0.1, -0.05) is 0 Å². The van der Waals surface area contributed by atoms with Gasteiger partial charge in [0.05, 0.1) is 19.8 Å². The van der Waals surface area contributed by atoms with E-state index < -0.39 is 5.92 Å². The molecule has 4 N–H and O–H groups in total. The molecule has 0 aromatic rings. The maximum absolute atomic E-state index is 12.9. The molecule has 6 unspecified atom stereocenters. The number of nitrogens with one attached hydrogen (secondary N) is 2. The number of piperidine rings is 2. The number of amides is 1. The molecule has 0 radical (unpaired) electrons. The summed E-state index contributed by atoms with van der Waals surface area (Å²) >= 11 is 0. The Hall–Kier alpha value is -1.18. The summed E-state index contributed by atoms with van der Waals surface area (Å²) in [5.41, 5.74) is 6.33. The Kier molecular flexibility index (Phi) is 4.38. The highest BCUT2D eigenvalue weighted by Crippen LogP contribution is 2.30. The number of fused-ring (bicyclic) bond motifs is 2. The predicted octanol–water partition coefficient (Wildman–Crippen LogP) is -1.75. The van der Waals surface area contributed by atoms with Crippen molar-refractivity contribution in [2.45, 2.75) is 51.1 Å². The summed E-state index contributed by atoms with van der Waals surface area (Å²) in [5.74, 6) is -0.716. The third-order valence-electron chi connectivity index (χ3n) is 5.56. The third-order valence-corrected chi connectivity index (χ3v) is 5.56. The minimum absolute atomic E-state index is 0.00718. The summed E-state index contributed by atoms with van der Waals surface area (Å²) in [5, 5.41) is 3.63. The van der Waals surface area contributed by atoms with Crippen LogP contribution in [0.3, 0.4) is 0 Å². The lowest BCUT2D eigenvalue weighted by Gasteiger charge is -2.52. The fourth-order valence-electron chi connectivity index (χ4n) is 4.39. The second kappa shape index (κ2) is 6.14. The van der Waals surface area contributed by atoms with Crippen molar-refractivity contribution in [2.24, 2.45) is 17.6 Å². The van der Waals surface area contributed by atoms with Crippen molar-refractivity contribution >= 4 is 11.9 Å². The summed E-state index contributed by atoms with van der Waals surface area (Å²) in [6.45, 7) is 3.64. The van der Waals surface area contributed by atoms with Gasteiger partial charge in [-0.25, -0.2) is 5.32 Å². The normalized spacial score (nSPS) is 41.6. The van der Waals surface area contributed by atoms with Crippen molar-refractivity contribution in [1.29, 1.82) is 0 Å². The largest absolute Gasteiger partial charge is 0.469 e. The number of carbonyl (C=O) groups excluding carboxylic acids is 2. The molecule has 3 aliphatic heterocycles. The number of ether oxygens (including phenoxy) is 1. The zero-order valence-electron chi connectivity index (χ0n) is 13.4. The van der Waals surface area contributed by atoms with Crippen molar-refractivity contribution in [3.05, 3.63) is 0 Å². The smallest absolute Gasteiger partial charge is 0.316 e. The van der Waals surface area contributed by atoms with E-state index in [1.807, 2.05) is 11.8 Å². The van der Waals surface area contributed by atoms with E-state index in [2.05, 4.69) is 5.32 Å². The molecule has 7 nitrogen and oxygen atoms in total. The Labute approximate surface area is 131 Å². The third kappa shape index (κ3) is 2.41. The monoisotopic (exact) mass is 311 g/mol. The molecule has 3 aliphatic rings. The fourth-order valence-corrected chi connectivity index (χ4v) is 4.39. The average Bonchev–Trinajstić information content (AvgIpc) is 2.54. The van der Waals surface area contributed by atoms with Crippen LogP contribution in [-0.2, 0) is 14.3 Å². The van der Waals surface area contributed by atoms with Crippen molar-refractivity contribution in [1.82, 2.24) is 10.2 Å². The van der Waals surface area contributed by atoms with Crippen molar-refractivity contribution in [3.8, 4) is 0 Å². The van der Waals surface area contributed by atoms with Crippen LogP contribution < -0.4 is 16.0 Å². The van der Waals surface area contributed by atoms with Crippen molar-refractivity contribution in [3.63, 3.8) is 0 Å². The highest BCUT2D eigenvalue weighted by Gasteiger charge is 2.55.